The van der Waals surface area contributed by atoms with Gasteiger partial charge in [0.1, 0.15) is 0 Å². The molecule has 0 radical (unpaired) electrons. The summed E-state index contributed by atoms with van der Waals surface area (Å²) in [6, 6.07) is 15.3. The molecule has 18 heavy (non-hydrogen) atoms. The zero-order valence-corrected chi connectivity index (χ0v) is 11.8. The number of hydrogen-bond acceptors (Lipinski definition) is 2. The number of thiophene rings is 1. The number of benzene rings is 1. The van der Waals surface area contributed by atoms with Crippen LogP contribution in [-0.2, 0) is 0 Å². The van der Waals surface area contributed by atoms with E-state index in [2.05, 4.69) is 61.3 Å². The Morgan fingerprint density at radius 1 is 1.06 bits per heavy atom. The van der Waals surface area contributed by atoms with Crippen LogP contribution in [0.5, 0.6) is 0 Å². The third-order valence-corrected chi connectivity index (χ3v) is 5.11. The molecule has 2 atom stereocenters. The van der Waals surface area contributed by atoms with E-state index in [0.29, 0.717) is 0 Å². The fraction of sp³-hybridized carbons (Fsp3) is 0.375. The highest BCUT2D eigenvalue weighted by Crippen LogP contribution is 2.38. The average Bonchev–Trinajstić information content (AvgIpc) is 2.97. The molecule has 1 aromatic heterocycles. The SMILES string of the molecule is CC1CN(C)CC1c1ccc(-c2ccccc2)s1. The minimum absolute atomic E-state index is 0.720. The number of likely N-dealkylation sites (N-methyl/N-ethyl adjacent to an activating group) is 1. The van der Waals surface area contributed by atoms with Gasteiger partial charge in [-0.1, -0.05) is 37.3 Å². The van der Waals surface area contributed by atoms with Gasteiger partial charge in [0.05, 0.1) is 0 Å². The minimum Gasteiger partial charge on any atom is -0.305 e. The van der Waals surface area contributed by atoms with Gasteiger partial charge in [-0.2, -0.15) is 0 Å². The first kappa shape index (κ1) is 11.9. The smallest absolute Gasteiger partial charge is 0.0345 e. The molecule has 1 saturated heterocycles. The first-order valence-electron chi connectivity index (χ1n) is 6.58. The lowest BCUT2D eigenvalue weighted by Crippen LogP contribution is -2.13. The summed E-state index contributed by atoms with van der Waals surface area (Å²) in [7, 11) is 2.22. The maximum absolute atomic E-state index is 2.44. The molecule has 1 fully saturated rings. The van der Waals surface area contributed by atoms with Crippen molar-refractivity contribution in [2.75, 3.05) is 20.1 Å². The highest BCUT2D eigenvalue weighted by molar-refractivity contribution is 7.15. The zero-order valence-electron chi connectivity index (χ0n) is 11.0. The van der Waals surface area contributed by atoms with Crippen LogP contribution < -0.4 is 0 Å². The van der Waals surface area contributed by atoms with E-state index < -0.39 is 0 Å². The van der Waals surface area contributed by atoms with Gasteiger partial charge in [0, 0.05) is 28.8 Å². The molecule has 0 spiro atoms. The molecule has 2 aromatic rings. The molecule has 0 aliphatic carbocycles. The Hall–Kier alpha value is -1.12. The van der Waals surface area contributed by atoms with E-state index in [4.69, 9.17) is 0 Å². The van der Waals surface area contributed by atoms with Crippen molar-refractivity contribution in [1.29, 1.82) is 0 Å². The molecule has 0 bridgehead atoms. The van der Waals surface area contributed by atoms with Crippen molar-refractivity contribution < 1.29 is 0 Å². The van der Waals surface area contributed by atoms with E-state index in [0.717, 1.165) is 11.8 Å². The van der Waals surface area contributed by atoms with Gasteiger partial charge >= 0.3 is 0 Å². The van der Waals surface area contributed by atoms with Crippen molar-refractivity contribution in [3.63, 3.8) is 0 Å². The normalized spacial score (nSPS) is 24.6. The molecule has 3 rings (SSSR count). The topological polar surface area (TPSA) is 3.24 Å². The first-order chi connectivity index (χ1) is 8.74. The Labute approximate surface area is 113 Å². The van der Waals surface area contributed by atoms with Crippen molar-refractivity contribution in [3.8, 4) is 10.4 Å². The van der Waals surface area contributed by atoms with Crippen molar-refractivity contribution >= 4 is 11.3 Å². The molecule has 1 aliphatic heterocycles. The second-order valence-electron chi connectivity index (χ2n) is 5.37. The molecule has 2 unspecified atom stereocenters. The van der Waals surface area contributed by atoms with Crippen LogP contribution in [0, 0.1) is 5.92 Å². The summed E-state index contributed by atoms with van der Waals surface area (Å²) >= 11 is 1.96. The molecule has 1 nitrogen and oxygen atoms in total. The number of hydrogen-bond donors (Lipinski definition) is 0. The first-order valence-corrected chi connectivity index (χ1v) is 7.39. The van der Waals surface area contributed by atoms with Crippen LogP contribution >= 0.6 is 11.3 Å². The largest absolute Gasteiger partial charge is 0.305 e. The van der Waals surface area contributed by atoms with E-state index in [1.54, 1.807) is 4.88 Å². The van der Waals surface area contributed by atoms with Crippen LogP contribution in [0.3, 0.4) is 0 Å². The van der Waals surface area contributed by atoms with E-state index in [-0.39, 0.29) is 0 Å². The van der Waals surface area contributed by atoms with Crippen LogP contribution in [0.4, 0.5) is 0 Å². The molecular weight excluding hydrogens is 238 g/mol. The van der Waals surface area contributed by atoms with Crippen molar-refractivity contribution in [2.24, 2.45) is 5.92 Å². The second kappa shape index (κ2) is 4.87. The highest BCUT2D eigenvalue weighted by atomic mass is 32.1. The molecule has 2 heterocycles. The molecule has 94 valence electrons. The van der Waals surface area contributed by atoms with Crippen LogP contribution in [0.1, 0.15) is 17.7 Å². The molecule has 0 N–H and O–H groups in total. The number of rotatable bonds is 2. The van der Waals surface area contributed by atoms with Crippen molar-refractivity contribution in [2.45, 2.75) is 12.8 Å². The predicted molar refractivity (Wildman–Crippen MR) is 79.2 cm³/mol. The van der Waals surface area contributed by atoms with Crippen molar-refractivity contribution in [1.82, 2.24) is 4.90 Å². The van der Waals surface area contributed by atoms with Crippen LogP contribution in [0.15, 0.2) is 42.5 Å². The third kappa shape index (κ3) is 2.23. The van der Waals surface area contributed by atoms with Gasteiger partial charge in [0.2, 0.25) is 0 Å². The molecule has 0 amide bonds. The van der Waals surface area contributed by atoms with Gasteiger partial charge in [-0.05, 0) is 30.7 Å². The highest BCUT2D eigenvalue weighted by Gasteiger charge is 2.29. The Kier molecular flexibility index (Phi) is 3.23. The number of nitrogens with zero attached hydrogens (tertiary/aromatic N) is 1. The van der Waals surface area contributed by atoms with Gasteiger partial charge in [-0.15, -0.1) is 11.3 Å². The molecular formula is C16H19NS. The van der Waals surface area contributed by atoms with Crippen LogP contribution in [0.2, 0.25) is 0 Å². The van der Waals surface area contributed by atoms with E-state index in [1.165, 1.54) is 23.5 Å². The Balaban J connectivity index is 1.86. The van der Waals surface area contributed by atoms with Crippen LogP contribution in [-0.4, -0.2) is 25.0 Å². The standard InChI is InChI=1S/C16H19NS/c1-12-10-17(2)11-14(12)16-9-8-15(18-16)13-6-4-3-5-7-13/h3-9,12,14H,10-11H2,1-2H3. The lowest BCUT2D eigenvalue weighted by molar-refractivity contribution is 0.401. The molecule has 0 saturated carbocycles. The molecule has 1 aliphatic rings. The van der Waals surface area contributed by atoms with Crippen LogP contribution in [0.25, 0.3) is 10.4 Å². The third-order valence-electron chi connectivity index (χ3n) is 3.85. The van der Waals surface area contributed by atoms with Gasteiger partial charge in [0.25, 0.3) is 0 Å². The number of likely N-dealkylation sites (tertiary alicyclic amines) is 1. The fourth-order valence-corrected chi connectivity index (χ4v) is 4.13. The van der Waals surface area contributed by atoms with Gasteiger partial charge in [-0.3, -0.25) is 0 Å². The van der Waals surface area contributed by atoms with Gasteiger partial charge in [0.15, 0.2) is 0 Å². The predicted octanol–water partition coefficient (Wildman–Crippen LogP) is 4.08. The maximum atomic E-state index is 2.44. The fourth-order valence-electron chi connectivity index (χ4n) is 2.89. The van der Waals surface area contributed by atoms with Gasteiger partial charge in [-0.25, -0.2) is 0 Å². The Morgan fingerprint density at radius 3 is 2.50 bits per heavy atom. The summed E-state index contributed by atoms with van der Waals surface area (Å²) < 4.78 is 0. The summed E-state index contributed by atoms with van der Waals surface area (Å²) in [5, 5.41) is 0. The summed E-state index contributed by atoms with van der Waals surface area (Å²) in [6.45, 7) is 4.80. The Bertz CT molecular complexity index is 517. The average molecular weight is 257 g/mol. The quantitative estimate of drug-likeness (QED) is 0.783. The minimum atomic E-state index is 0.720. The van der Waals surface area contributed by atoms with E-state index in [9.17, 15) is 0 Å². The summed E-state index contributed by atoms with van der Waals surface area (Å²) in [6.07, 6.45) is 0. The summed E-state index contributed by atoms with van der Waals surface area (Å²) in [5.74, 6) is 1.50. The molecule has 2 heteroatoms. The summed E-state index contributed by atoms with van der Waals surface area (Å²) in [5.41, 5.74) is 1.34. The monoisotopic (exact) mass is 257 g/mol. The zero-order chi connectivity index (χ0) is 12.5. The lowest BCUT2D eigenvalue weighted by atomic mass is 9.97. The molecule has 1 aromatic carbocycles. The van der Waals surface area contributed by atoms with Crippen molar-refractivity contribution in [3.05, 3.63) is 47.3 Å². The van der Waals surface area contributed by atoms with E-state index >= 15 is 0 Å². The Morgan fingerprint density at radius 2 is 1.83 bits per heavy atom. The summed E-state index contributed by atoms with van der Waals surface area (Å²) in [4.78, 5) is 5.38. The van der Waals surface area contributed by atoms with Gasteiger partial charge < -0.3 is 4.90 Å². The lowest BCUT2D eigenvalue weighted by Gasteiger charge is -2.11. The van der Waals surface area contributed by atoms with E-state index in [1.807, 2.05) is 11.3 Å². The maximum Gasteiger partial charge on any atom is 0.0345 e. The second-order valence-corrected chi connectivity index (χ2v) is 6.49.